The van der Waals surface area contributed by atoms with Crippen LogP contribution in [0.25, 0.3) is 0 Å². The number of likely N-dealkylation sites (N-methyl/N-ethyl adjacent to an activating group) is 1. The monoisotopic (exact) mass is 271 g/mol. The third kappa shape index (κ3) is 3.71. The average molecular weight is 271 g/mol. The number of nitrogens with two attached hydrogens (primary N) is 1. The molecule has 1 aromatic carbocycles. The van der Waals surface area contributed by atoms with E-state index in [-0.39, 0.29) is 17.3 Å². The van der Waals surface area contributed by atoms with Crippen LogP contribution in [-0.4, -0.2) is 27.4 Å². The Hall–Kier alpha value is -1.60. The highest BCUT2D eigenvalue weighted by Gasteiger charge is 2.17. The molecule has 7 heteroatoms. The molecule has 1 aromatic rings. The molecule has 0 fully saturated rings. The van der Waals surface area contributed by atoms with Crippen molar-refractivity contribution in [3.63, 3.8) is 0 Å². The summed E-state index contributed by atoms with van der Waals surface area (Å²) in [5.41, 5.74) is 6.49. The van der Waals surface area contributed by atoms with Crippen molar-refractivity contribution in [1.82, 2.24) is 10.0 Å². The fourth-order valence-electron chi connectivity index (χ4n) is 1.40. The second-order valence-electron chi connectivity index (χ2n) is 3.80. The third-order valence-corrected chi connectivity index (χ3v) is 3.84. The Bertz CT molecular complexity index is 540. The van der Waals surface area contributed by atoms with Crippen LogP contribution in [0.15, 0.2) is 23.1 Å². The smallest absolute Gasteiger partial charge is 0.241 e. The molecule has 0 bridgehead atoms. The van der Waals surface area contributed by atoms with E-state index in [2.05, 4.69) is 10.0 Å². The SMILES string of the molecule is CCNC(=O)CNS(=O)(=O)c1cc(N)ccc1C. The molecule has 1 amide bonds. The van der Waals surface area contributed by atoms with Crippen molar-refractivity contribution in [2.45, 2.75) is 18.7 Å². The molecule has 4 N–H and O–H groups in total. The number of hydrogen-bond acceptors (Lipinski definition) is 4. The van der Waals surface area contributed by atoms with Gasteiger partial charge in [-0.25, -0.2) is 13.1 Å². The Kier molecular flexibility index (Phi) is 4.69. The van der Waals surface area contributed by atoms with Crippen LogP contribution in [0.5, 0.6) is 0 Å². The first-order chi connectivity index (χ1) is 8.36. The van der Waals surface area contributed by atoms with Crippen LogP contribution in [0.3, 0.4) is 0 Å². The van der Waals surface area contributed by atoms with E-state index in [1.165, 1.54) is 6.07 Å². The largest absolute Gasteiger partial charge is 0.399 e. The molecule has 100 valence electrons. The maximum Gasteiger partial charge on any atom is 0.241 e. The van der Waals surface area contributed by atoms with Gasteiger partial charge in [0.05, 0.1) is 11.4 Å². The predicted octanol–water partition coefficient (Wildman–Crippen LogP) is -0.00838. The summed E-state index contributed by atoms with van der Waals surface area (Å²) >= 11 is 0. The molecule has 18 heavy (non-hydrogen) atoms. The molecule has 0 aliphatic heterocycles. The lowest BCUT2D eigenvalue weighted by atomic mass is 10.2. The van der Waals surface area contributed by atoms with Crippen molar-refractivity contribution in [3.05, 3.63) is 23.8 Å². The van der Waals surface area contributed by atoms with Crippen LogP contribution in [0.2, 0.25) is 0 Å². The molecule has 0 spiro atoms. The summed E-state index contributed by atoms with van der Waals surface area (Å²) in [6.45, 7) is 3.59. The zero-order chi connectivity index (χ0) is 13.8. The zero-order valence-corrected chi connectivity index (χ0v) is 11.2. The molecule has 0 aromatic heterocycles. The molecule has 0 aliphatic carbocycles. The quantitative estimate of drug-likeness (QED) is 0.656. The number of amides is 1. The van der Waals surface area contributed by atoms with Gasteiger partial charge in [-0.2, -0.15) is 0 Å². The number of sulfonamides is 1. The summed E-state index contributed by atoms with van der Waals surface area (Å²) in [5.74, 6) is -0.373. The van der Waals surface area contributed by atoms with Crippen molar-refractivity contribution < 1.29 is 13.2 Å². The van der Waals surface area contributed by atoms with Crippen molar-refractivity contribution >= 4 is 21.6 Å². The van der Waals surface area contributed by atoms with Gasteiger partial charge in [0.25, 0.3) is 0 Å². The highest BCUT2D eigenvalue weighted by atomic mass is 32.2. The lowest BCUT2D eigenvalue weighted by Crippen LogP contribution is -2.36. The predicted molar refractivity (Wildman–Crippen MR) is 69.5 cm³/mol. The lowest BCUT2D eigenvalue weighted by Gasteiger charge is -2.09. The van der Waals surface area contributed by atoms with Crippen molar-refractivity contribution in [3.8, 4) is 0 Å². The molecule has 0 atom stereocenters. The van der Waals surface area contributed by atoms with Crippen LogP contribution < -0.4 is 15.8 Å². The zero-order valence-electron chi connectivity index (χ0n) is 10.4. The standard InChI is InChI=1S/C11H17N3O3S/c1-3-13-11(15)7-14-18(16,17)10-6-9(12)5-4-8(10)2/h4-6,14H,3,7,12H2,1-2H3,(H,13,15). The van der Waals surface area contributed by atoms with Gasteiger partial charge in [-0.3, -0.25) is 4.79 Å². The molecular formula is C11H17N3O3S. The highest BCUT2D eigenvalue weighted by molar-refractivity contribution is 7.89. The van der Waals surface area contributed by atoms with Crippen LogP contribution in [0, 0.1) is 6.92 Å². The van der Waals surface area contributed by atoms with Crippen LogP contribution in [0.4, 0.5) is 5.69 Å². The number of anilines is 1. The minimum atomic E-state index is -3.72. The molecule has 0 saturated carbocycles. The Morgan fingerprint density at radius 3 is 2.67 bits per heavy atom. The van der Waals surface area contributed by atoms with Gasteiger partial charge in [-0.15, -0.1) is 0 Å². The molecule has 0 saturated heterocycles. The Morgan fingerprint density at radius 1 is 1.39 bits per heavy atom. The molecule has 0 heterocycles. The van der Waals surface area contributed by atoms with Gasteiger partial charge in [0, 0.05) is 12.2 Å². The summed E-state index contributed by atoms with van der Waals surface area (Å²) in [5, 5.41) is 2.50. The van der Waals surface area contributed by atoms with E-state index in [4.69, 9.17) is 5.73 Å². The van der Waals surface area contributed by atoms with Crippen molar-refractivity contribution in [2.24, 2.45) is 0 Å². The second-order valence-corrected chi connectivity index (χ2v) is 5.54. The number of aryl methyl sites for hydroxylation is 1. The van der Waals surface area contributed by atoms with Gasteiger partial charge in [-0.1, -0.05) is 6.07 Å². The van der Waals surface area contributed by atoms with E-state index in [0.717, 1.165) is 0 Å². The van der Waals surface area contributed by atoms with Gasteiger partial charge in [0.1, 0.15) is 0 Å². The molecule has 1 rings (SSSR count). The van der Waals surface area contributed by atoms with E-state index in [1.807, 2.05) is 0 Å². The summed E-state index contributed by atoms with van der Waals surface area (Å²) in [4.78, 5) is 11.3. The van der Waals surface area contributed by atoms with Crippen LogP contribution >= 0.6 is 0 Å². The van der Waals surface area contributed by atoms with Crippen LogP contribution in [-0.2, 0) is 14.8 Å². The number of carbonyl (C=O) groups is 1. The number of hydrogen-bond donors (Lipinski definition) is 3. The normalized spacial score (nSPS) is 11.2. The van der Waals surface area contributed by atoms with E-state index >= 15 is 0 Å². The van der Waals surface area contributed by atoms with Gasteiger partial charge in [0.15, 0.2) is 0 Å². The minimum absolute atomic E-state index is 0.0896. The molecule has 6 nitrogen and oxygen atoms in total. The average Bonchev–Trinajstić information content (AvgIpc) is 2.30. The van der Waals surface area contributed by atoms with Crippen LogP contribution in [0.1, 0.15) is 12.5 Å². The number of nitrogens with one attached hydrogen (secondary N) is 2. The Labute approximate surface area is 107 Å². The Balaban J connectivity index is 2.87. The molecule has 0 aliphatic rings. The Morgan fingerprint density at radius 2 is 2.06 bits per heavy atom. The number of rotatable bonds is 5. The molecule has 0 radical (unpaired) electrons. The first-order valence-corrected chi connectivity index (χ1v) is 6.97. The van der Waals surface area contributed by atoms with Gasteiger partial charge in [0.2, 0.25) is 15.9 Å². The lowest BCUT2D eigenvalue weighted by molar-refractivity contribution is -0.119. The van der Waals surface area contributed by atoms with E-state index in [1.54, 1.807) is 26.0 Å². The van der Waals surface area contributed by atoms with Gasteiger partial charge < -0.3 is 11.1 Å². The van der Waals surface area contributed by atoms with Gasteiger partial charge >= 0.3 is 0 Å². The number of carbonyl (C=O) groups excluding carboxylic acids is 1. The first-order valence-electron chi connectivity index (χ1n) is 5.49. The van der Waals surface area contributed by atoms with E-state index in [0.29, 0.717) is 17.8 Å². The second kappa shape index (κ2) is 5.83. The topological polar surface area (TPSA) is 101 Å². The minimum Gasteiger partial charge on any atom is -0.399 e. The van der Waals surface area contributed by atoms with Gasteiger partial charge in [-0.05, 0) is 31.5 Å². The van der Waals surface area contributed by atoms with Crippen molar-refractivity contribution in [2.75, 3.05) is 18.8 Å². The first kappa shape index (κ1) is 14.5. The summed E-state index contributed by atoms with van der Waals surface area (Å²) in [6.07, 6.45) is 0. The summed E-state index contributed by atoms with van der Waals surface area (Å²) < 4.78 is 26.2. The highest BCUT2D eigenvalue weighted by Crippen LogP contribution is 2.17. The third-order valence-electron chi connectivity index (χ3n) is 2.30. The summed E-state index contributed by atoms with van der Waals surface area (Å²) in [7, 11) is -3.72. The van der Waals surface area contributed by atoms with E-state index < -0.39 is 10.0 Å². The number of nitrogen functional groups attached to an aromatic ring is 1. The maximum absolute atomic E-state index is 12.0. The summed E-state index contributed by atoms with van der Waals surface area (Å²) in [6, 6.07) is 4.61. The molecule has 0 unspecified atom stereocenters. The maximum atomic E-state index is 12.0. The fourth-order valence-corrected chi connectivity index (χ4v) is 2.66. The van der Waals surface area contributed by atoms with E-state index in [9.17, 15) is 13.2 Å². The fraction of sp³-hybridized carbons (Fsp3) is 0.364. The molecular weight excluding hydrogens is 254 g/mol. The number of benzene rings is 1. The van der Waals surface area contributed by atoms with Crippen molar-refractivity contribution in [1.29, 1.82) is 0 Å².